The summed E-state index contributed by atoms with van der Waals surface area (Å²) in [6.45, 7) is 3.73. The van der Waals surface area contributed by atoms with E-state index in [1.807, 2.05) is 13.8 Å². The van der Waals surface area contributed by atoms with Gasteiger partial charge < -0.3 is 11.1 Å². The number of carbonyl (C=O) groups excluding carboxylic acids is 2. The molecule has 1 aromatic carbocycles. The summed E-state index contributed by atoms with van der Waals surface area (Å²) in [5.41, 5.74) is 7.04. The molecule has 8 heteroatoms. The number of nitrogens with one attached hydrogen (secondary N) is 2. The molecule has 1 fully saturated rings. The van der Waals surface area contributed by atoms with Crippen LogP contribution in [0.4, 0.5) is 0 Å². The van der Waals surface area contributed by atoms with Gasteiger partial charge in [0, 0.05) is 12.5 Å². The van der Waals surface area contributed by atoms with Crippen LogP contribution in [0.5, 0.6) is 0 Å². The molecule has 1 aromatic rings. The molecule has 0 unspecified atom stereocenters. The number of hydrogen-bond donors (Lipinski definition) is 3. The van der Waals surface area contributed by atoms with Gasteiger partial charge in [0.2, 0.25) is 21.8 Å². The standard InChI is InChI=1S/C20H31N3O4S/c1-14-9-10-17(13-15(14)2)28(26,27)23-18(11-12-19(21)24)20(25)22-16-7-5-3-4-6-8-16/h9-10,13,16,18,23H,3-8,11-12H2,1-2H3,(H2,21,24)(H,22,25)/t18-/m1/s1. The Kier molecular flexibility index (Phi) is 8.00. The van der Waals surface area contributed by atoms with Crippen LogP contribution in [0.15, 0.2) is 23.1 Å². The number of hydrogen-bond acceptors (Lipinski definition) is 4. The predicted octanol–water partition coefficient (Wildman–Crippen LogP) is 2.05. The van der Waals surface area contributed by atoms with Gasteiger partial charge in [-0.1, -0.05) is 31.7 Å². The third-order valence-electron chi connectivity index (χ3n) is 5.28. The first-order valence-corrected chi connectivity index (χ1v) is 11.4. The van der Waals surface area contributed by atoms with Crippen LogP contribution in [0.2, 0.25) is 0 Å². The van der Waals surface area contributed by atoms with E-state index in [0.717, 1.165) is 49.7 Å². The summed E-state index contributed by atoms with van der Waals surface area (Å²) in [4.78, 5) is 24.1. The maximum Gasteiger partial charge on any atom is 0.241 e. The molecule has 1 aliphatic carbocycles. The van der Waals surface area contributed by atoms with Crippen LogP contribution in [0.25, 0.3) is 0 Å². The monoisotopic (exact) mass is 409 g/mol. The van der Waals surface area contributed by atoms with Crippen molar-refractivity contribution in [2.24, 2.45) is 5.73 Å². The third kappa shape index (κ3) is 6.60. The summed E-state index contributed by atoms with van der Waals surface area (Å²) in [5, 5.41) is 2.96. The van der Waals surface area contributed by atoms with Gasteiger partial charge >= 0.3 is 0 Å². The smallest absolute Gasteiger partial charge is 0.241 e. The molecule has 0 bridgehead atoms. The molecular formula is C20H31N3O4S. The van der Waals surface area contributed by atoms with Crippen LogP contribution < -0.4 is 15.8 Å². The fourth-order valence-corrected chi connectivity index (χ4v) is 4.71. The minimum absolute atomic E-state index is 0.0258. The van der Waals surface area contributed by atoms with Crippen LogP contribution in [0.3, 0.4) is 0 Å². The Bertz CT molecular complexity index is 800. The van der Waals surface area contributed by atoms with E-state index in [-0.39, 0.29) is 23.8 Å². The van der Waals surface area contributed by atoms with Crippen LogP contribution >= 0.6 is 0 Å². The van der Waals surface area contributed by atoms with Gasteiger partial charge in [0.15, 0.2) is 0 Å². The molecule has 0 heterocycles. The highest BCUT2D eigenvalue weighted by Crippen LogP contribution is 2.18. The Hall–Kier alpha value is -1.93. The fourth-order valence-electron chi connectivity index (χ4n) is 3.39. The second kappa shape index (κ2) is 10.0. The number of primary amides is 1. The second-order valence-corrected chi connectivity index (χ2v) is 9.34. The molecule has 4 N–H and O–H groups in total. The minimum Gasteiger partial charge on any atom is -0.370 e. The van der Waals surface area contributed by atoms with Crippen LogP contribution in [-0.4, -0.2) is 32.3 Å². The molecule has 2 amide bonds. The van der Waals surface area contributed by atoms with Gasteiger partial charge in [-0.25, -0.2) is 8.42 Å². The first kappa shape index (κ1) is 22.4. The van der Waals surface area contributed by atoms with Crippen molar-refractivity contribution in [2.75, 3.05) is 0 Å². The molecule has 156 valence electrons. The maximum atomic E-state index is 12.8. The zero-order chi connectivity index (χ0) is 20.7. The highest BCUT2D eigenvalue weighted by atomic mass is 32.2. The van der Waals surface area contributed by atoms with E-state index in [0.29, 0.717) is 0 Å². The van der Waals surface area contributed by atoms with Gasteiger partial charge in [0.1, 0.15) is 6.04 Å². The van der Waals surface area contributed by atoms with Crippen molar-refractivity contribution < 1.29 is 18.0 Å². The van der Waals surface area contributed by atoms with Crippen molar-refractivity contribution in [3.05, 3.63) is 29.3 Å². The van der Waals surface area contributed by atoms with Gasteiger partial charge in [-0.3, -0.25) is 9.59 Å². The number of aryl methyl sites for hydroxylation is 2. The fraction of sp³-hybridized carbons (Fsp3) is 0.600. The van der Waals surface area contributed by atoms with E-state index in [9.17, 15) is 18.0 Å². The van der Waals surface area contributed by atoms with Gasteiger partial charge in [-0.15, -0.1) is 0 Å². The van der Waals surface area contributed by atoms with Gasteiger partial charge in [0.25, 0.3) is 0 Å². The lowest BCUT2D eigenvalue weighted by atomic mass is 10.1. The van der Waals surface area contributed by atoms with E-state index < -0.39 is 27.9 Å². The third-order valence-corrected chi connectivity index (χ3v) is 6.75. The molecular weight excluding hydrogens is 378 g/mol. The molecule has 1 aliphatic rings. The van der Waals surface area contributed by atoms with E-state index in [2.05, 4.69) is 10.0 Å². The molecule has 1 atom stereocenters. The summed E-state index contributed by atoms with van der Waals surface area (Å²) in [5.74, 6) is -0.974. The number of nitrogens with two attached hydrogens (primary N) is 1. The molecule has 0 spiro atoms. The summed E-state index contributed by atoms with van der Waals surface area (Å²) in [6.07, 6.45) is 6.12. The molecule has 0 radical (unpaired) electrons. The van der Waals surface area contributed by atoms with E-state index in [1.165, 1.54) is 6.07 Å². The average Bonchev–Trinajstić information content (AvgIpc) is 2.89. The Morgan fingerprint density at radius 1 is 1.11 bits per heavy atom. The quantitative estimate of drug-likeness (QED) is 0.569. The lowest BCUT2D eigenvalue weighted by Crippen LogP contribution is -2.49. The first-order chi connectivity index (χ1) is 13.2. The number of rotatable bonds is 8. The molecule has 2 rings (SSSR count). The zero-order valence-corrected chi connectivity index (χ0v) is 17.5. The van der Waals surface area contributed by atoms with E-state index in [4.69, 9.17) is 5.73 Å². The van der Waals surface area contributed by atoms with E-state index >= 15 is 0 Å². The molecule has 7 nitrogen and oxygen atoms in total. The van der Waals surface area contributed by atoms with Crippen molar-refractivity contribution >= 4 is 21.8 Å². The number of carbonyl (C=O) groups is 2. The normalized spacial score (nSPS) is 16.9. The Morgan fingerprint density at radius 2 is 1.75 bits per heavy atom. The van der Waals surface area contributed by atoms with Gasteiger partial charge in [-0.05, 0) is 56.4 Å². The molecule has 0 aliphatic heterocycles. The lowest BCUT2D eigenvalue weighted by Gasteiger charge is -2.22. The van der Waals surface area contributed by atoms with Crippen molar-refractivity contribution in [3.63, 3.8) is 0 Å². The number of sulfonamides is 1. The molecule has 1 saturated carbocycles. The van der Waals surface area contributed by atoms with Gasteiger partial charge in [-0.2, -0.15) is 4.72 Å². The lowest BCUT2D eigenvalue weighted by molar-refractivity contribution is -0.124. The zero-order valence-electron chi connectivity index (χ0n) is 16.7. The predicted molar refractivity (Wildman–Crippen MR) is 108 cm³/mol. The minimum atomic E-state index is -3.90. The Morgan fingerprint density at radius 3 is 2.32 bits per heavy atom. The van der Waals surface area contributed by atoms with Gasteiger partial charge in [0.05, 0.1) is 4.90 Å². The van der Waals surface area contributed by atoms with Crippen molar-refractivity contribution in [1.29, 1.82) is 0 Å². The first-order valence-electron chi connectivity index (χ1n) is 9.87. The summed E-state index contributed by atoms with van der Waals surface area (Å²) >= 11 is 0. The van der Waals surface area contributed by atoms with Crippen molar-refractivity contribution in [1.82, 2.24) is 10.0 Å². The summed E-state index contributed by atoms with van der Waals surface area (Å²) in [6, 6.07) is 3.82. The molecule has 28 heavy (non-hydrogen) atoms. The highest BCUT2D eigenvalue weighted by Gasteiger charge is 2.28. The largest absolute Gasteiger partial charge is 0.370 e. The second-order valence-electron chi connectivity index (χ2n) is 7.62. The highest BCUT2D eigenvalue weighted by molar-refractivity contribution is 7.89. The number of amides is 2. The summed E-state index contributed by atoms with van der Waals surface area (Å²) < 4.78 is 28.1. The Balaban J connectivity index is 2.15. The molecule has 0 saturated heterocycles. The van der Waals surface area contributed by atoms with Crippen molar-refractivity contribution in [3.8, 4) is 0 Å². The molecule has 0 aromatic heterocycles. The van der Waals surface area contributed by atoms with Crippen molar-refractivity contribution in [2.45, 2.75) is 82.2 Å². The Labute approximate surface area is 167 Å². The van der Waals surface area contributed by atoms with E-state index in [1.54, 1.807) is 12.1 Å². The van der Waals surface area contributed by atoms with Crippen LogP contribution in [0.1, 0.15) is 62.5 Å². The summed E-state index contributed by atoms with van der Waals surface area (Å²) in [7, 11) is -3.90. The SMILES string of the molecule is Cc1ccc(S(=O)(=O)N[C@H](CCC(N)=O)C(=O)NC2CCCCCC2)cc1C. The van der Waals surface area contributed by atoms with Crippen LogP contribution in [-0.2, 0) is 19.6 Å². The topological polar surface area (TPSA) is 118 Å². The average molecular weight is 410 g/mol. The maximum absolute atomic E-state index is 12.8. The van der Waals surface area contributed by atoms with Crippen LogP contribution in [0, 0.1) is 13.8 Å². The number of benzene rings is 1.